The molecule has 2 aromatic heterocycles. The summed E-state index contributed by atoms with van der Waals surface area (Å²) in [5, 5.41) is 4.20. The molecule has 0 bridgehead atoms. The molecule has 4 aromatic rings. The number of aromatic nitrogens is 1. The van der Waals surface area contributed by atoms with Crippen LogP contribution in [-0.4, -0.2) is 10.5 Å². The molecule has 0 saturated heterocycles. The van der Waals surface area contributed by atoms with Crippen LogP contribution in [0.15, 0.2) is 77.5 Å². The van der Waals surface area contributed by atoms with Crippen molar-refractivity contribution in [2.24, 2.45) is 0 Å². The Morgan fingerprint density at radius 3 is 2.59 bits per heavy atom. The lowest BCUT2D eigenvalue weighted by atomic mass is 9.87. The second-order valence-corrected chi connectivity index (χ2v) is 7.41. The van der Waals surface area contributed by atoms with Crippen molar-refractivity contribution in [2.75, 3.05) is 0 Å². The number of para-hydroxylation sites is 1. The number of benzene rings is 2. The Kier molecular flexibility index (Phi) is 5.52. The molecule has 1 amide bonds. The van der Waals surface area contributed by atoms with Gasteiger partial charge in [-0.1, -0.05) is 48.0 Å². The molecular formula is C25H26N2O2. The molecule has 0 radical (unpaired) electrons. The molecule has 2 aromatic carbocycles. The van der Waals surface area contributed by atoms with Crippen LogP contribution in [0.1, 0.15) is 41.7 Å². The number of furan rings is 1. The first-order valence-corrected chi connectivity index (χ1v) is 10.1. The molecule has 4 nitrogen and oxygen atoms in total. The molecule has 0 saturated carbocycles. The van der Waals surface area contributed by atoms with Gasteiger partial charge in [0.1, 0.15) is 5.76 Å². The fourth-order valence-corrected chi connectivity index (χ4v) is 3.88. The van der Waals surface area contributed by atoms with Gasteiger partial charge in [-0.3, -0.25) is 4.79 Å². The zero-order valence-corrected chi connectivity index (χ0v) is 16.9. The van der Waals surface area contributed by atoms with Gasteiger partial charge >= 0.3 is 0 Å². The van der Waals surface area contributed by atoms with Crippen LogP contribution in [0.2, 0.25) is 0 Å². The maximum Gasteiger partial charge on any atom is 0.221 e. The Morgan fingerprint density at radius 1 is 1.07 bits per heavy atom. The molecule has 29 heavy (non-hydrogen) atoms. The summed E-state index contributed by atoms with van der Waals surface area (Å²) in [6.45, 7) is 5.53. The van der Waals surface area contributed by atoms with Crippen molar-refractivity contribution in [1.29, 1.82) is 0 Å². The number of carbonyl (C=O) groups is 1. The highest BCUT2D eigenvalue weighted by atomic mass is 16.3. The highest BCUT2D eigenvalue weighted by Gasteiger charge is 2.22. The van der Waals surface area contributed by atoms with Crippen molar-refractivity contribution >= 4 is 16.8 Å². The molecule has 1 atom stereocenters. The number of hydrogen-bond donors (Lipinski definition) is 1. The number of hydrogen-bond acceptors (Lipinski definition) is 2. The predicted octanol–water partition coefficient (Wildman–Crippen LogP) is 5.40. The van der Waals surface area contributed by atoms with E-state index in [4.69, 9.17) is 4.42 Å². The fourth-order valence-electron chi connectivity index (χ4n) is 3.88. The fraction of sp³-hybridized carbons (Fsp3) is 0.240. The smallest absolute Gasteiger partial charge is 0.221 e. The van der Waals surface area contributed by atoms with E-state index in [0.29, 0.717) is 13.0 Å². The number of rotatable bonds is 7. The van der Waals surface area contributed by atoms with Crippen LogP contribution in [0.25, 0.3) is 10.9 Å². The average molecular weight is 386 g/mol. The van der Waals surface area contributed by atoms with Crippen molar-refractivity contribution in [3.63, 3.8) is 0 Å². The van der Waals surface area contributed by atoms with Crippen LogP contribution in [0, 0.1) is 6.92 Å². The summed E-state index contributed by atoms with van der Waals surface area (Å²) in [6, 6.07) is 20.6. The maximum absolute atomic E-state index is 12.8. The summed E-state index contributed by atoms with van der Waals surface area (Å²) in [5.74, 6) is 0.762. The van der Waals surface area contributed by atoms with E-state index in [0.717, 1.165) is 17.9 Å². The van der Waals surface area contributed by atoms with Gasteiger partial charge in [0, 0.05) is 36.0 Å². The number of amides is 1. The van der Waals surface area contributed by atoms with E-state index >= 15 is 0 Å². The lowest BCUT2D eigenvalue weighted by Crippen LogP contribution is -2.24. The average Bonchev–Trinajstić information content (AvgIpc) is 3.39. The Labute approximate surface area is 171 Å². The van der Waals surface area contributed by atoms with Crippen LogP contribution in [-0.2, 0) is 17.9 Å². The zero-order valence-electron chi connectivity index (χ0n) is 16.9. The summed E-state index contributed by atoms with van der Waals surface area (Å²) in [6.07, 6.45) is 4.21. The van der Waals surface area contributed by atoms with Crippen LogP contribution >= 0.6 is 0 Å². The Balaban J connectivity index is 1.67. The van der Waals surface area contributed by atoms with Crippen LogP contribution in [0.4, 0.5) is 0 Å². The summed E-state index contributed by atoms with van der Waals surface area (Å²) < 4.78 is 7.59. The van der Waals surface area contributed by atoms with Gasteiger partial charge in [-0.25, -0.2) is 0 Å². The Hall–Kier alpha value is -3.27. The van der Waals surface area contributed by atoms with Gasteiger partial charge in [0.2, 0.25) is 5.91 Å². The lowest BCUT2D eigenvalue weighted by Gasteiger charge is -2.17. The summed E-state index contributed by atoms with van der Waals surface area (Å²) >= 11 is 0. The quantitative estimate of drug-likeness (QED) is 0.462. The third kappa shape index (κ3) is 4.11. The van der Waals surface area contributed by atoms with E-state index in [2.05, 4.69) is 78.5 Å². The monoisotopic (exact) mass is 386 g/mol. The van der Waals surface area contributed by atoms with E-state index < -0.39 is 0 Å². The second-order valence-electron chi connectivity index (χ2n) is 7.41. The van der Waals surface area contributed by atoms with Crippen molar-refractivity contribution in [2.45, 2.75) is 39.3 Å². The van der Waals surface area contributed by atoms with Gasteiger partial charge in [0.25, 0.3) is 0 Å². The van der Waals surface area contributed by atoms with E-state index in [9.17, 15) is 4.79 Å². The minimum atomic E-state index is -0.00935. The van der Waals surface area contributed by atoms with Crippen LogP contribution < -0.4 is 5.32 Å². The van der Waals surface area contributed by atoms with Gasteiger partial charge in [-0.05, 0) is 43.2 Å². The van der Waals surface area contributed by atoms with Gasteiger partial charge in [0.05, 0.1) is 12.8 Å². The topological polar surface area (TPSA) is 47.2 Å². The van der Waals surface area contributed by atoms with E-state index in [1.54, 1.807) is 6.26 Å². The number of aryl methyl sites for hydroxylation is 2. The van der Waals surface area contributed by atoms with Crippen molar-refractivity contribution < 1.29 is 9.21 Å². The van der Waals surface area contributed by atoms with Crippen LogP contribution in [0.3, 0.4) is 0 Å². The molecule has 1 N–H and O–H groups in total. The largest absolute Gasteiger partial charge is 0.467 e. The molecule has 0 aliphatic rings. The first-order valence-electron chi connectivity index (χ1n) is 10.1. The summed E-state index contributed by atoms with van der Waals surface area (Å²) in [4.78, 5) is 12.8. The molecule has 0 aliphatic carbocycles. The summed E-state index contributed by atoms with van der Waals surface area (Å²) in [5.41, 5.74) is 4.77. The van der Waals surface area contributed by atoms with E-state index in [1.807, 2.05) is 12.1 Å². The lowest BCUT2D eigenvalue weighted by molar-refractivity contribution is -0.121. The summed E-state index contributed by atoms with van der Waals surface area (Å²) in [7, 11) is 0. The predicted molar refractivity (Wildman–Crippen MR) is 116 cm³/mol. The first kappa shape index (κ1) is 19.1. The Bertz CT molecular complexity index is 1090. The first-order chi connectivity index (χ1) is 14.2. The third-order valence-corrected chi connectivity index (χ3v) is 5.44. The van der Waals surface area contributed by atoms with E-state index in [-0.39, 0.29) is 11.8 Å². The highest BCUT2D eigenvalue weighted by Crippen LogP contribution is 2.35. The minimum absolute atomic E-state index is 0.00935. The van der Waals surface area contributed by atoms with Crippen molar-refractivity contribution in [3.8, 4) is 0 Å². The number of carbonyl (C=O) groups excluding carboxylic acids is 1. The van der Waals surface area contributed by atoms with E-state index in [1.165, 1.54) is 22.0 Å². The molecule has 0 unspecified atom stereocenters. The number of nitrogens with one attached hydrogen (secondary N) is 1. The molecule has 2 heterocycles. The third-order valence-electron chi connectivity index (χ3n) is 5.44. The van der Waals surface area contributed by atoms with Gasteiger partial charge in [-0.15, -0.1) is 0 Å². The highest BCUT2D eigenvalue weighted by molar-refractivity contribution is 5.86. The van der Waals surface area contributed by atoms with Gasteiger partial charge in [-0.2, -0.15) is 0 Å². The molecule has 0 spiro atoms. The van der Waals surface area contributed by atoms with Crippen molar-refractivity contribution in [3.05, 3.63) is 95.6 Å². The molecule has 4 heteroatoms. The SMILES string of the molecule is CCn1cc([C@@H](CC(=O)NCc2ccco2)c2ccc(C)cc2)c2ccccc21. The van der Waals surface area contributed by atoms with Gasteiger partial charge < -0.3 is 14.3 Å². The van der Waals surface area contributed by atoms with Gasteiger partial charge in [0.15, 0.2) is 0 Å². The molecular weight excluding hydrogens is 360 g/mol. The van der Waals surface area contributed by atoms with Crippen molar-refractivity contribution in [1.82, 2.24) is 9.88 Å². The molecule has 0 fully saturated rings. The second kappa shape index (κ2) is 8.39. The zero-order chi connectivity index (χ0) is 20.2. The molecule has 148 valence electrons. The number of fused-ring (bicyclic) bond motifs is 1. The number of nitrogens with zero attached hydrogens (tertiary/aromatic N) is 1. The van der Waals surface area contributed by atoms with Crippen LogP contribution in [0.5, 0.6) is 0 Å². The Morgan fingerprint density at radius 2 is 1.86 bits per heavy atom. The maximum atomic E-state index is 12.8. The minimum Gasteiger partial charge on any atom is -0.467 e. The standard InChI is InChI=1S/C25H26N2O2/c1-3-27-17-23(21-8-4-5-9-24(21)27)22(19-12-10-18(2)11-13-19)15-25(28)26-16-20-7-6-14-29-20/h4-14,17,22H,3,15-16H2,1-2H3,(H,26,28)/t22-/m0/s1. The molecule has 0 aliphatic heterocycles. The normalized spacial score (nSPS) is 12.2. The molecule has 4 rings (SSSR count).